The predicted octanol–water partition coefficient (Wildman–Crippen LogP) is 3.92. The van der Waals surface area contributed by atoms with Crippen LogP contribution in [0.4, 0.5) is 0 Å². The molecule has 0 aromatic rings. The normalized spacial score (nSPS) is 32.6. The van der Waals surface area contributed by atoms with Crippen molar-refractivity contribution in [1.29, 1.82) is 0 Å². The number of rotatable bonds is 6. The van der Waals surface area contributed by atoms with Gasteiger partial charge in [0.15, 0.2) is 0 Å². The van der Waals surface area contributed by atoms with Crippen molar-refractivity contribution in [3.63, 3.8) is 0 Å². The standard InChI is InChI=1S/C15H26O/c1-15(2,16)9-5-3-4-6-13-10-12-7-8-14(13)11-12/h7-8,12-14,16H,3-6,9-11H2,1-2H3. The Morgan fingerprint density at radius 2 is 1.94 bits per heavy atom. The van der Waals surface area contributed by atoms with Crippen LogP contribution in [-0.4, -0.2) is 10.7 Å². The lowest BCUT2D eigenvalue weighted by Gasteiger charge is -2.19. The lowest BCUT2D eigenvalue weighted by Crippen LogP contribution is -2.17. The number of fused-ring (bicyclic) bond motifs is 2. The molecule has 0 aromatic heterocycles. The van der Waals surface area contributed by atoms with Crippen LogP contribution in [0.1, 0.15) is 58.8 Å². The van der Waals surface area contributed by atoms with E-state index in [9.17, 15) is 5.11 Å². The van der Waals surface area contributed by atoms with E-state index >= 15 is 0 Å². The number of allylic oxidation sites excluding steroid dienone is 2. The summed E-state index contributed by atoms with van der Waals surface area (Å²) in [5, 5.41) is 9.61. The molecule has 1 saturated carbocycles. The predicted molar refractivity (Wildman–Crippen MR) is 68.2 cm³/mol. The molecular weight excluding hydrogens is 196 g/mol. The van der Waals surface area contributed by atoms with Crippen molar-refractivity contribution >= 4 is 0 Å². The first kappa shape index (κ1) is 12.2. The van der Waals surface area contributed by atoms with Crippen LogP contribution >= 0.6 is 0 Å². The highest BCUT2D eigenvalue weighted by Gasteiger charge is 2.34. The van der Waals surface area contributed by atoms with Crippen LogP contribution in [0.15, 0.2) is 12.2 Å². The Morgan fingerprint density at radius 3 is 2.50 bits per heavy atom. The highest BCUT2D eigenvalue weighted by atomic mass is 16.3. The Morgan fingerprint density at radius 1 is 1.12 bits per heavy atom. The first-order valence-electron chi connectivity index (χ1n) is 6.95. The highest BCUT2D eigenvalue weighted by molar-refractivity contribution is 5.09. The van der Waals surface area contributed by atoms with Gasteiger partial charge in [0.2, 0.25) is 0 Å². The largest absolute Gasteiger partial charge is 0.390 e. The molecule has 2 bridgehead atoms. The van der Waals surface area contributed by atoms with Gasteiger partial charge in [-0.3, -0.25) is 0 Å². The number of unbranched alkanes of at least 4 members (excludes halogenated alkanes) is 2. The lowest BCUT2D eigenvalue weighted by molar-refractivity contribution is 0.0679. The average Bonchev–Trinajstić information content (AvgIpc) is 2.76. The molecule has 0 saturated heterocycles. The fraction of sp³-hybridized carbons (Fsp3) is 0.867. The van der Waals surface area contributed by atoms with Crippen molar-refractivity contribution in [3.8, 4) is 0 Å². The van der Waals surface area contributed by atoms with E-state index in [2.05, 4.69) is 12.2 Å². The van der Waals surface area contributed by atoms with Gasteiger partial charge in [0.25, 0.3) is 0 Å². The maximum Gasteiger partial charge on any atom is 0.0591 e. The molecule has 16 heavy (non-hydrogen) atoms. The quantitative estimate of drug-likeness (QED) is 0.533. The second kappa shape index (κ2) is 4.91. The molecule has 0 heterocycles. The van der Waals surface area contributed by atoms with E-state index in [-0.39, 0.29) is 0 Å². The van der Waals surface area contributed by atoms with Gasteiger partial charge < -0.3 is 5.11 Å². The summed E-state index contributed by atoms with van der Waals surface area (Å²) in [4.78, 5) is 0. The molecule has 0 aliphatic heterocycles. The zero-order chi connectivity index (χ0) is 11.6. The van der Waals surface area contributed by atoms with Crippen LogP contribution in [0.5, 0.6) is 0 Å². The molecule has 1 N–H and O–H groups in total. The molecule has 3 unspecified atom stereocenters. The minimum atomic E-state index is -0.463. The second-order valence-corrected chi connectivity index (χ2v) is 6.45. The molecule has 2 rings (SSSR count). The SMILES string of the molecule is CC(C)(O)CCCCCC1CC2C=CC1C2. The van der Waals surface area contributed by atoms with Crippen molar-refractivity contribution in [2.24, 2.45) is 17.8 Å². The van der Waals surface area contributed by atoms with Crippen LogP contribution < -0.4 is 0 Å². The molecule has 0 amide bonds. The van der Waals surface area contributed by atoms with Crippen molar-refractivity contribution in [2.75, 3.05) is 0 Å². The molecule has 0 aromatic carbocycles. The van der Waals surface area contributed by atoms with Gasteiger partial charge in [0, 0.05) is 0 Å². The Labute approximate surface area is 99.9 Å². The number of hydrogen-bond donors (Lipinski definition) is 1. The fourth-order valence-electron chi connectivity index (χ4n) is 3.37. The molecular formula is C15H26O. The van der Waals surface area contributed by atoms with Crippen LogP contribution in [0.3, 0.4) is 0 Å². The summed E-state index contributed by atoms with van der Waals surface area (Å²) >= 11 is 0. The molecule has 1 heteroatoms. The molecule has 1 nitrogen and oxygen atoms in total. The van der Waals surface area contributed by atoms with Gasteiger partial charge in [-0.1, -0.05) is 31.4 Å². The van der Waals surface area contributed by atoms with E-state index in [4.69, 9.17) is 0 Å². The van der Waals surface area contributed by atoms with E-state index < -0.39 is 5.60 Å². The third-order valence-electron chi connectivity index (χ3n) is 4.28. The highest BCUT2D eigenvalue weighted by Crippen LogP contribution is 2.45. The zero-order valence-electron chi connectivity index (χ0n) is 10.8. The van der Waals surface area contributed by atoms with Gasteiger partial charge >= 0.3 is 0 Å². The van der Waals surface area contributed by atoms with Gasteiger partial charge in [0.1, 0.15) is 0 Å². The fourth-order valence-corrected chi connectivity index (χ4v) is 3.37. The molecule has 0 spiro atoms. The molecule has 2 aliphatic rings. The molecule has 3 atom stereocenters. The van der Waals surface area contributed by atoms with Gasteiger partial charge in [-0.15, -0.1) is 0 Å². The van der Waals surface area contributed by atoms with Gasteiger partial charge in [-0.25, -0.2) is 0 Å². The minimum absolute atomic E-state index is 0.463. The first-order valence-corrected chi connectivity index (χ1v) is 6.95. The van der Waals surface area contributed by atoms with Crippen molar-refractivity contribution < 1.29 is 5.11 Å². The van der Waals surface area contributed by atoms with E-state index in [1.165, 1.54) is 38.5 Å². The molecule has 0 radical (unpaired) electrons. The summed E-state index contributed by atoms with van der Waals surface area (Å²) in [5.41, 5.74) is -0.463. The Bertz CT molecular complexity index is 249. The van der Waals surface area contributed by atoms with E-state index in [0.29, 0.717) is 0 Å². The lowest BCUT2D eigenvalue weighted by atomic mass is 9.88. The summed E-state index contributed by atoms with van der Waals surface area (Å²) in [6, 6.07) is 0. The monoisotopic (exact) mass is 222 g/mol. The third-order valence-corrected chi connectivity index (χ3v) is 4.28. The van der Waals surface area contributed by atoms with Crippen LogP contribution in [-0.2, 0) is 0 Å². The number of hydrogen-bond acceptors (Lipinski definition) is 1. The van der Waals surface area contributed by atoms with Gasteiger partial charge in [0.05, 0.1) is 5.60 Å². The summed E-state index contributed by atoms with van der Waals surface area (Å²) in [5.74, 6) is 2.82. The van der Waals surface area contributed by atoms with E-state index in [1.54, 1.807) is 0 Å². The van der Waals surface area contributed by atoms with E-state index in [1.807, 2.05) is 13.8 Å². The summed E-state index contributed by atoms with van der Waals surface area (Å²) < 4.78 is 0. The first-order chi connectivity index (χ1) is 7.54. The Hall–Kier alpha value is -0.300. The van der Waals surface area contributed by atoms with Crippen molar-refractivity contribution in [2.45, 2.75) is 64.4 Å². The zero-order valence-corrected chi connectivity index (χ0v) is 10.8. The number of aliphatic hydroxyl groups is 1. The van der Waals surface area contributed by atoms with Crippen molar-refractivity contribution in [3.05, 3.63) is 12.2 Å². The topological polar surface area (TPSA) is 20.2 Å². The minimum Gasteiger partial charge on any atom is -0.390 e. The summed E-state index contributed by atoms with van der Waals surface area (Å²) in [6.45, 7) is 3.82. The maximum absolute atomic E-state index is 9.61. The van der Waals surface area contributed by atoms with E-state index in [0.717, 1.165) is 24.2 Å². The molecule has 1 fully saturated rings. The van der Waals surface area contributed by atoms with Gasteiger partial charge in [-0.05, 0) is 57.3 Å². The second-order valence-electron chi connectivity index (χ2n) is 6.45. The van der Waals surface area contributed by atoms with Crippen LogP contribution in [0.2, 0.25) is 0 Å². The smallest absolute Gasteiger partial charge is 0.0591 e. The Balaban J connectivity index is 1.54. The van der Waals surface area contributed by atoms with Crippen LogP contribution in [0, 0.1) is 17.8 Å². The third kappa shape index (κ3) is 3.35. The summed E-state index contributed by atoms with van der Waals surface area (Å²) in [7, 11) is 0. The summed E-state index contributed by atoms with van der Waals surface area (Å²) in [6.07, 6.45) is 14.0. The molecule has 92 valence electrons. The average molecular weight is 222 g/mol. The van der Waals surface area contributed by atoms with Gasteiger partial charge in [-0.2, -0.15) is 0 Å². The van der Waals surface area contributed by atoms with Crippen LogP contribution in [0.25, 0.3) is 0 Å². The van der Waals surface area contributed by atoms with Crippen molar-refractivity contribution in [1.82, 2.24) is 0 Å². The Kier molecular flexibility index (Phi) is 3.73. The molecule has 2 aliphatic carbocycles. The maximum atomic E-state index is 9.61.